The molecule has 0 amide bonds. The van der Waals surface area contributed by atoms with E-state index in [0.717, 1.165) is 11.3 Å². The molecule has 0 unspecified atom stereocenters. The Morgan fingerprint density at radius 1 is 1.18 bits per heavy atom. The number of rotatable bonds is 1. The lowest BCUT2D eigenvalue weighted by molar-refractivity contribution is 0.610. The molecule has 1 aromatic rings. The van der Waals surface area contributed by atoms with Gasteiger partial charge in [0.15, 0.2) is 0 Å². The van der Waals surface area contributed by atoms with Crippen molar-refractivity contribution in [2.24, 2.45) is 0 Å². The van der Waals surface area contributed by atoms with Crippen molar-refractivity contribution in [1.29, 1.82) is 0 Å². The summed E-state index contributed by atoms with van der Waals surface area (Å²) in [5.74, 6) is 0.870. The molecule has 11 heavy (non-hydrogen) atoms. The Morgan fingerprint density at radius 2 is 1.73 bits per heavy atom. The monoisotopic (exact) mass is 207 g/mol. The van der Waals surface area contributed by atoms with Gasteiger partial charge < -0.3 is 4.43 Å². The van der Waals surface area contributed by atoms with Crippen molar-refractivity contribution in [2.75, 3.05) is 0 Å². The van der Waals surface area contributed by atoms with Crippen LogP contribution in [0.5, 0.6) is 5.75 Å². The van der Waals surface area contributed by atoms with Gasteiger partial charge in [-0.15, -0.1) is 24.8 Å². The Bertz CT molecular complexity index is 205. The van der Waals surface area contributed by atoms with Crippen molar-refractivity contribution < 1.29 is 4.43 Å². The summed E-state index contributed by atoms with van der Waals surface area (Å²) in [6, 6.07) is 7.81. The lowest BCUT2D eigenvalue weighted by Crippen LogP contribution is -1.86. The minimum Gasteiger partial charge on any atom is -0.540 e. The standard InChI is InChI=1S/C7H7OSi.2ClH/c1-6-4-2-3-5-7(6)8-9;;/h2-5H,1H3;2*1H. The van der Waals surface area contributed by atoms with E-state index < -0.39 is 0 Å². The van der Waals surface area contributed by atoms with Crippen LogP contribution < -0.4 is 4.43 Å². The van der Waals surface area contributed by atoms with Gasteiger partial charge in [-0.25, -0.2) is 0 Å². The number of hydrogen-bond acceptors (Lipinski definition) is 1. The van der Waals surface area contributed by atoms with E-state index in [1.165, 1.54) is 0 Å². The maximum atomic E-state index is 4.85. The van der Waals surface area contributed by atoms with Crippen molar-refractivity contribution in [2.45, 2.75) is 6.92 Å². The minimum atomic E-state index is 0. The molecule has 0 aromatic heterocycles. The van der Waals surface area contributed by atoms with Gasteiger partial charge in [-0.3, -0.25) is 0 Å². The number of benzene rings is 1. The second-order valence-electron chi connectivity index (χ2n) is 1.87. The number of halogens is 2. The van der Waals surface area contributed by atoms with Crippen LogP contribution in [-0.2, 0) is 0 Å². The smallest absolute Gasteiger partial charge is 0.341 e. The van der Waals surface area contributed by atoms with Gasteiger partial charge in [0, 0.05) is 0 Å². The molecule has 1 nitrogen and oxygen atoms in total. The zero-order chi connectivity index (χ0) is 6.69. The van der Waals surface area contributed by atoms with E-state index in [9.17, 15) is 0 Å². The number of hydrogen-bond donors (Lipinski definition) is 0. The second kappa shape index (κ2) is 6.52. The molecule has 0 bridgehead atoms. The topological polar surface area (TPSA) is 9.23 Å². The molecule has 61 valence electrons. The van der Waals surface area contributed by atoms with E-state index in [2.05, 4.69) is 10.5 Å². The summed E-state index contributed by atoms with van der Waals surface area (Å²) < 4.78 is 4.85. The van der Waals surface area contributed by atoms with Gasteiger partial charge in [0.05, 0.1) is 0 Å². The highest BCUT2D eigenvalue weighted by molar-refractivity contribution is 6.00. The summed E-state index contributed by atoms with van der Waals surface area (Å²) in [6.07, 6.45) is 0. The fraction of sp³-hybridized carbons (Fsp3) is 0.143. The second-order valence-corrected chi connectivity index (χ2v) is 2.07. The average molecular weight is 208 g/mol. The largest absolute Gasteiger partial charge is 0.540 e. The molecule has 0 fully saturated rings. The molecule has 0 atom stereocenters. The van der Waals surface area contributed by atoms with Crippen LogP contribution in [0.25, 0.3) is 0 Å². The van der Waals surface area contributed by atoms with Crippen LogP contribution in [0.2, 0.25) is 0 Å². The summed E-state index contributed by atoms with van der Waals surface area (Å²) >= 11 is 0. The van der Waals surface area contributed by atoms with Crippen molar-refractivity contribution in [3.8, 4) is 5.75 Å². The SMILES string of the molecule is Cc1ccccc1O[Si].Cl.Cl. The maximum Gasteiger partial charge on any atom is 0.341 e. The van der Waals surface area contributed by atoms with E-state index >= 15 is 0 Å². The van der Waals surface area contributed by atoms with Gasteiger partial charge in [0.2, 0.25) is 0 Å². The van der Waals surface area contributed by atoms with E-state index in [0.29, 0.717) is 0 Å². The van der Waals surface area contributed by atoms with Gasteiger partial charge in [-0.1, -0.05) is 18.2 Å². The number of aryl methyl sites for hydroxylation is 1. The first kappa shape index (κ1) is 13.4. The van der Waals surface area contributed by atoms with Gasteiger partial charge in [-0.2, -0.15) is 0 Å². The van der Waals surface area contributed by atoms with E-state index in [4.69, 9.17) is 4.43 Å². The Hall–Kier alpha value is -0.183. The third kappa shape index (κ3) is 3.65. The summed E-state index contributed by atoms with van der Waals surface area (Å²) in [4.78, 5) is 0. The highest BCUT2D eigenvalue weighted by Crippen LogP contribution is 2.14. The molecule has 0 heterocycles. The van der Waals surface area contributed by atoms with Crippen LogP contribution in [0.3, 0.4) is 0 Å². The Balaban J connectivity index is 0. The fourth-order valence-electron chi connectivity index (χ4n) is 0.671. The highest BCUT2D eigenvalue weighted by atomic mass is 35.5. The zero-order valence-electron chi connectivity index (χ0n) is 6.03. The third-order valence-corrected chi connectivity index (χ3v) is 1.42. The van der Waals surface area contributed by atoms with Crippen LogP contribution in [0.4, 0.5) is 0 Å². The third-order valence-electron chi connectivity index (χ3n) is 1.20. The fourth-order valence-corrected chi connectivity index (χ4v) is 0.900. The van der Waals surface area contributed by atoms with Gasteiger partial charge in [0.25, 0.3) is 0 Å². The molecule has 0 aliphatic heterocycles. The molecule has 3 radical (unpaired) electrons. The molecule has 0 aliphatic rings. The Labute approximate surface area is 82.5 Å². The molecule has 0 aliphatic carbocycles. The van der Waals surface area contributed by atoms with E-state index in [1.54, 1.807) is 0 Å². The van der Waals surface area contributed by atoms with Gasteiger partial charge in [-0.05, 0) is 18.6 Å². The summed E-state index contributed by atoms with van der Waals surface area (Å²) in [7, 11) is 2.95. The van der Waals surface area contributed by atoms with Crippen molar-refractivity contribution >= 4 is 35.3 Å². The molecule has 0 saturated heterocycles. The first-order valence-corrected chi connectivity index (χ1v) is 3.14. The lowest BCUT2D eigenvalue weighted by Gasteiger charge is -2.00. The van der Waals surface area contributed by atoms with Crippen LogP contribution in [0, 0.1) is 6.92 Å². The minimum absolute atomic E-state index is 0. The molecule has 0 spiro atoms. The summed E-state index contributed by atoms with van der Waals surface area (Å²) in [5.41, 5.74) is 1.13. The van der Waals surface area contributed by atoms with Crippen molar-refractivity contribution in [1.82, 2.24) is 0 Å². The maximum absolute atomic E-state index is 4.85. The molecule has 4 heteroatoms. The average Bonchev–Trinajstić information content (AvgIpc) is 1.89. The van der Waals surface area contributed by atoms with Gasteiger partial charge in [0.1, 0.15) is 5.75 Å². The van der Waals surface area contributed by atoms with E-state index in [1.807, 2.05) is 31.2 Å². The van der Waals surface area contributed by atoms with Crippen molar-refractivity contribution in [3.05, 3.63) is 29.8 Å². The summed E-state index contributed by atoms with van der Waals surface area (Å²) in [5, 5.41) is 0. The molecular formula is C7H9Cl2OSi. The van der Waals surface area contributed by atoms with Crippen LogP contribution in [0.1, 0.15) is 5.56 Å². The van der Waals surface area contributed by atoms with Gasteiger partial charge >= 0.3 is 10.5 Å². The lowest BCUT2D eigenvalue weighted by atomic mass is 10.2. The quantitative estimate of drug-likeness (QED) is 0.643. The predicted molar refractivity (Wildman–Crippen MR) is 52.1 cm³/mol. The number of para-hydroxylation sites is 1. The highest BCUT2D eigenvalue weighted by Gasteiger charge is 1.90. The van der Waals surface area contributed by atoms with Crippen LogP contribution in [0.15, 0.2) is 24.3 Å². The first-order chi connectivity index (χ1) is 4.34. The molecule has 1 rings (SSSR count). The predicted octanol–water partition coefficient (Wildman–Crippen LogP) is 2.30. The summed E-state index contributed by atoms with van der Waals surface area (Å²) in [6.45, 7) is 2.00. The Kier molecular flexibility index (Phi) is 7.95. The Morgan fingerprint density at radius 3 is 2.09 bits per heavy atom. The molecule has 0 N–H and O–H groups in total. The molecule has 1 aromatic carbocycles. The van der Waals surface area contributed by atoms with Crippen LogP contribution >= 0.6 is 24.8 Å². The van der Waals surface area contributed by atoms with Crippen LogP contribution in [-0.4, -0.2) is 10.5 Å². The zero-order valence-corrected chi connectivity index (χ0v) is 8.67. The van der Waals surface area contributed by atoms with Crippen molar-refractivity contribution in [3.63, 3.8) is 0 Å². The molecule has 0 saturated carbocycles. The molecular weight excluding hydrogens is 199 g/mol. The first-order valence-electron chi connectivity index (χ1n) is 2.74. The van der Waals surface area contributed by atoms with E-state index in [-0.39, 0.29) is 24.8 Å². The normalized spacial score (nSPS) is 7.45.